The van der Waals surface area contributed by atoms with Crippen LogP contribution in [0.2, 0.25) is 0 Å². The zero-order chi connectivity index (χ0) is 19.3. The number of carbonyl (C=O) groups excluding carboxylic acids is 1. The van der Waals surface area contributed by atoms with Gasteiger partial charge in [-0.05, 0) is 37.5 Å². The summed E-state index contributed by atoms with van der Waals surface area (Å²) in [6, 6.07) is 26.7. The molecular formula is C25H27N2O+. The minimum Gasteiger partial charge on any atom is -0.326 e. The van der Waals surface area contributed by atoms with Gasteiger partial charge in [-0.2, -0.15) is 0 Å². The van der Waals surface area contributed by atoms with E-state index in [1.807, 2.05) is 61.5 Å². The van der Waals surface area contributed by atoms with E-state index >= 15 is 0 Å². The molecule has 0 saturated carbocycles. The molecule has 3 aromatic rings. The Hall–Kier alpha value is -2.91. The molecule has 0 fully saturated rings. The first-order chi connectivity index (χ1) is 13.7. The molecular weight excluding hydrogens is 344 g/mol. The molecule has 3 N–H and O–H groups in total. The summed E-state index contributed by atoms with van der Waals surface area (Å²) in [7, 11) is 0. The van der Waals surface area contributed by atoms with E-state index in [0.29, 0.717) is 6.04 Å². The summed E-state index contributed by atoms with van der Waals surface area (Å²) < 4.78 is 0. The lowest BCUT2D eigenvalue weighted by atomic mass is 9.87. The Labute approximate surface area is 166 Å². The van der Waals surface area contributed by atoms with Gasteiger partial charge in [-0.25, -0.2) is 0 Å². The lowest BCUT2D eigenvalue weighted by Crippen LogP contribution is -2.88. The van der Waals surface area contributed by atoms with E-state index in [-0.39, 0.29) is 11.9 Å². The number of rotatable bonds is 5. The maximum atomic E-state index is 13.2. The normalized spacial score (nSPS) is 16.8. The standard InChI is InChI=1S/C25H26N2O/c1-18-14-16-21(17-15-18)26-25(28)24(20-9-3-2-4-10-20)27-23-13-7-11-19-8-5-6-12-22(19)23/h2-6,8-10,12,14-17,23-24,27H,7,11,13H2,1H3,(H,26,28)/p+1/t23-,24+/m1/s1. The number of carbonyl (C=O) groups is 1. The molecule has 1 aliphatic carbocycles. The molecule has 2 atom stereocenters. The maximum absolute atomic E-state index is 13.2. The van der Waals surface area contributed by atoms with E-state index in [1.54, 1.807) is 0 Å². The van der Waals surface area contributed by atoms with Gasteiger partial charge in [0.05, 0.1) is 0 Å². The molecule has 28 heavy (non-hydrogen) atoms. The van der Waals surface area contributed by atoms with E-state index in [1.165, 1.54) is 23.1 Å². The monoisotopic (exact) mass is 371 g/mol. The van der Waals surface area contributed by atoms with Gasteiger partial charge in [0, 0.05) is 23.2 Å². The van der Waals surface area contributed by atoms with Gasteiger partial charge in [-0.1, -0.05) is 72.3 Å². The average molecular weight is 372 g/mol. The van der Waals surface area contributed by atoms with Crippen LogP contribution in [-0.4, -0.2) is 5.91 Å². The number of anilines is 1. The SMILES string of the molecule is Cc1ccc(NC(=O)[C@@H]([NH2+][C@@H]2CCCc3ccccc32)c2ccccc2)cc1. The van der Waals surface area contributed by atoms with Crippen molar-refractivity contribution in [2.75, 3.05) is 5.32 Å². The van der Waals surface area contributed by atoms with Crippen molar-refractivity contribution in [3.05, 3.63) is 101 Å². The molecule has 0 aromatic heterocycles. The number of benzene rings is 3. The first kappa shape index (κ1) is 18.5. The van der Waals surface area contributed by atoms with Crippen LogP contribution in [0.25, 0.3) is 0 Å². The second kappa shape index (κ2) is 8.41. The number of hydrogen-bond acceptors (Lipinski definition) is 1. The van der Waals surface area contributed by atoms with Crippen molar-refractivity contribution >= 4 is 11.6 Å². The van der Waals surface area contributed by atoms with E-state index in [9.17, 15) is 4.79 Å². The molecule has 3 aromatic carbocycles. The highest BCUT2D eigenvalue weighted by molar-refractivity contribution is 5.94. The van der Waals surface area contributed by atoms with Crippen LogP contribution in [0, 0.1) is 6.92 Å². The summed E-state index contributed by atoms with van der Waals surface area (Å²) >= 11 is 0. The van der Waals surface area contributed by atoms with Gasteiger partial charge < -0.3 is 10.6 Å². The van der Waals surface area contributed by atoms with Crippen LogP contribution in [-0.2, 0) is 11.2 Å². The van der Waals surface area contributed by atoms with Crippen LogP contribution in [0.3, 0.4) is 0 Å². The number of nitrogens with one attached hydrogen (secondary N) is 1. The number of nitrogens with two attached hydrogens (primary N) is 1. The van der Waals surface area contributed by atoms with Gasteiger partial charge in [0.1, 0.15) is 6.04 Å². The number of fused-ring (bicyclic) bond motifs is 1. The molecule has 0 spiro atoms. The second-order valence-corrected chi connectivity index (χ2v) is 7.63. The average Bonchev–Trinajstić information content (AvgIpc) is 2.74. The molecule has 3 nitrogen and oxygen atoms in total. The molecule has 3 heteroatoms. The zero-order valence-electron chi connectivity index (χ0n) is 16.3. The Bertz CT molecular complexity index is 934. The van der Waals surface area contributed by atoms with E-state index in [4.69, 9.17) is 0 Å². The van der Waals surface area contributed by atoms with Crippen LogP contribution >= 0.6 is 0 Å². The number of aryl methyl sites for hydroxylation is 2. The van der Waals surface area contributed by atoms with Crippen LogP contribution in [0.15, 0.2) is 78.9 Å². The summed E-state index contributed by atoms with van der Waals surface area (Å²) in [5, 5.41) is 5.36. The second-order valence-electron chi connectivity index (χ2n) is 7.63. The highest BCUT2D eigenvalue weighted by atomic mass is 16.2. The minimum atomic E-state index is -0.279. The Morgan fingerprint density at radius 2 is 1.68 bits per heavy atom. The van der Waals surface area contributed by atoms with Crippen LogP contribution < -0.4 is 10.6 Å². The third-order valence-electron chi connectivity index (χ3n) is 5.60. The number of hydrogen-bond donors (Lipinski definition) is 2. The third kappa shape index (κ3) is 4.15. The van der Waals surface area contributed by atoms with Crippen LogP contribution in [0.1, 0.15) is 47.2 Å². The predicted molar refractivity (Wildman–Crippen MR) is 113 cm³/mol. The number of amides is 1. The van der Waals surface area contributed by atoms with Gasteiger partial charge in [0.25, 0.3) is 5.91 Å². The van der Waals surface area contributed by atoms with Crippen molar-refractivity contribution < 1.29 is 10.1 Å². The van der Waals surface area contributed by atoms with Crippen molar-refractivity contribution in [2.24, 2.45) is 0 Å². The number of quaternary nitrogens is 1. The fraction of sp³-hybridized carbons (Fsp3) is 0.240. The molecule has 1 aliphatic rings. The Morgan fingerprint density at radius 1 is 0.964 bits per heavy atom. The lowest BCUT2D eigenvalue weighted by Gasteiger charge is -2.27. The van der Waals surface area contributed by atoms with Crippen molar-refractivity contribution in [1.82, 2.24) is 0 Å². The van der Waals surface area contributed by atoms with Gasteiger partial charge in [0.2, 0.25) is 0 Å². The summed E-state index contributed by atoms with van der Waals surface area (Å²) in [4.78, 5) is 13.2. The van der Waals surface area contributed by atoms with Gasteiger partial charge >= 0.3 is 0 Å². The fourth-order valence-corrected chi connectivity index (χ4v) is 4.09. The minimum absolute atomic E-state index is 0.0260. The quantitative estimate of drug-likeness (QED) is 0.689. The summed E-state index contributed by atoms with van der Waals surface area (Å²) in [6.45, 7) is 2.05. The van der Waals surface area contributed by atoms with Crippen LogP contribution in [0.4, 0.5) is 5.69 Å². The smallest absolute Gasteiger partial charge is 0.287 e. The van der Waals surface area contributed by atoms with E-state index < -0.39 is 0 Å². The van der Waals surface area contributed by atoms with E-state index in [2.05, 4.69) is 34.9 Å². The third-order valence-corrected chi connectivity index (χ3v) is 5.60. The molecule has 0 heterocycles. The van der Waals surface area contributed by atoms with Crippen molar-refractivity contribution in [3.8, 4) is 0 Å². The molecule has 0 saturated heterocycles. The largest absolute Gasteiger partial charge is 0.326 e. The highest BCUT2D eigenvalue weighted by Gasteiger charge is 2.31. The van der Waals surface area contributed by atoms with Gasteiger partial charge in [-0.15, -0.1) is 0 Å². The molecule has 0 radical (unpaired) electrons. The molecule has 0 unspecified atom stereocenters. The van der Waals surface area contributed by atoms with Crippen molar-refractivity contribution in [1.29, 1.82) is 0 Å². The van der Waals surface area contributed by atoms with Crippen molar-refractivity contribution in [3.63, 3.8) is 0 Å². The first-order valence-corrected chi connectivity index (χ1v) is 10.1. The Balaban J connectivity index is 1.60. The molecule has 0 aliphatic heterocycles. The van der Waals surface area contributed by atoms with Gasteiger partial charge in [-0.3, -0.25) is 4.79 Å². The predicted octanol–water partition coefficient (Wildman–Crippen LogP) is 4.32. The lowest BCUT2D eigenvalue weighted by molar-refractivity contribution is -0.723. The Kier molecular flexibility index (Phi) is 5.54. The van der Waals surface area contributed by atoms with E-state index in [0.717, 1.165) is 24.1 Å². The Morgan fingerprint density at radius 3 is 2.46 bits per heavy atom. The summed E-state index contributed by atoms with van der Waals surface area (Å²) in [5.41, 5.74) is 5.85. The first-order valence-electron chi connectivity index (χ1n) is 10.1. The zero-order valence-corrected chi connectivity index (χ0v) is 16.3. The topological polar surface area (TPSA) is 45.7 Å². The maximum Gasteiger partial charge on any atom is 0.287 e. The summed E-state index contributed by atoms with van der Waals surface area (Å²) in [6.07, 6.45) is 3.39. The van der Waals surface area contributed by atoms with Crippen LogP contribution in [0.5, 0.6) is 0 Å². The summed E-state index contributed by atoms with van der Waals surface area (Å²) in [5.74, 6) is 0.0260. The van der Waals surface area contributed by atoms with Gasteiger partial charge in [0.15, 0.2) is 6.04 Å². The molecule has 142 valence electrons. The molecule has 0 bridgehead atoms. The van der Waals surface area contributed by atoms with Crippen molar-refractivity contribution in [2.45, 2.75) is 38.3 Å². The fourth-order valence-electron chi connectivity index (χ4n) is 4.09. The highest BCUT2D eigenvalue weighted by Crippen LogP contribution is 2.28. The molecule has 4 rings (SSSR count). The molecule has 1 amide bonds.